The van der Waals surface area contributed by atoms with Gasteiger partial charge in [0.25, 0.3) is 0 Å². The van der Waals surface area contributed by atoms with Gasteiger partial charge in [0.1, 0.15) is 15.4 Å². The minimum atomic E-state index is -0.639. The zero-order valence-corrected chi connectivity index (χ0v) is 20.3. The summed E-state index contributed by atoms with van der Waals surface area (Å²) in [5.41, 5.74) is 2.81. The first kappa shape index (κ1) is 23.6. The Hall–Kier alpha value is -3.51. The highest BCUT2D eigenvalue weighted by Gasteiger charge is 2.27. The average Bonchev–Trinajstić information content (AvgIpc) is 3.35. The zero-order chi connectivity index (χ0) is 24.2. The van der Waals surface area contributed by atoms with E-state index in [2.05, 4.69) is 25.5 Å². The van der Waals surface area contributed by atoms with E-state index in [9.17, 15) is 14.4 Å². The normalized spacial score (nSPS) is 11.0. The number of thiophene rings is 1. The van der Waals surface area contributed by atoms with Gasteiger partial charge in [0, 0.05) is 23.1 Å². The minimum absolute atomic E-state index is 0.130. The summed E-state index contributed by atoms with van der Waals surface area (Å²) in [5, 5.41) is 12.8. The van der Waals surface area contributed by atoms with Crippen LogP contribution in [0.1, 0.15) is 38.9 Å². The molecule has 0 saturated carbocycles. The highest BCUT2D eigenvalue weighted by atomic mass is 32.2. The van der Waals surface area contributed by atoms with Gasteiger partial charge in [-0.05, 0) is 25.5 Å². The van der Waals surface area contributed by atoms with Crippen molar-refractivity contribution in [2.24, 2.45) is 0 Å². The Kier molecular flexibility index (Phi) is 7.08. The number of nitrogens with zero attached hydrogens (tertiary/aromatic N) is 3. The van der Waals surface area contributed by atoms with Gasteiger partial charge in [0.15, 0.2) is 5.65 Å². The molecule has 1 amide bonds. The second kappa shape index (κ2) is 10.2. The highest BCUT2D eigenvalue weighted by Crippen LogP contribution is 2.34. The number of aromatic amines is 1. The van der Waals surface area contributed by atoms with E-state index >= 15 is 0 Å². The molecule has 0 aliphatic rings. The molecule has 0 radical (unpaired) electrons. The van der Waals surface area contributed by atoms with Gasteiger partial charge in [-0.15, -0.1) is 21.5 Å². The number of rotatable bonds is 8. The van der Waals surface area contributed by atoms with Crippen molar-refractivity contribution in [1.29, 1.82) is 0 Å². The molecule has 3 aromatic heterocycles. The van der Waals surface area contributed by atoms with E-state index in [0.717, 1.165) is 22.2 Å². The van der Waals surface area contributed by atoms with Crippen molar-refractivity contribution in [1.82, 2.24) is 20.2 Å². The van der Waals surface area contributed by atoms with Crippen LogP contribution in [-0.2, 0) is 14.3 Å². The first-order valence-corrected chi connectivity index (χ1v) is 12.2. The van der Waals surface area contributed by atoms with E-state index in [0.29, 0.717) is 27.6 Å². The number of methoxy groups -OCH3 is 1. The van der Waals surface area contributed by atoms with Gasteiger partial charge in [-0.2, -0.15) is 0 Å². The van der Waals surface area contributed by atoms with Crippen LogP contribution in [0.3, 0.4) is 0 Å². The molecule has 176 valence electrons. The fraction of sp³-hybridized carbons (Fsp3) is 0.273. The Morgan fingerprint density at radius 2 is 1.97 bits per heavy atom. The van der Waals surface area contributed by atoms with Crippen LogP contribution in [0.5, 0.6) is 0 Å². The number of aromatic nitrogens is 4. The second-order valence-electron chi connectivity index (χ2n) is 7.08. The number of benzene rings is 1. The maximum atomic E-state index is 12.6. The molecule has 3 heterocycles. The molecule has 34 heavy (non-hydrogen) atoms. The lowest BCUT2D eigenvalue weighted by Gasteiger charge is -2.06. The fourth-order valence-corrected chi connectivity index (χ4v) is 5.16. The van der Waals surface area contributed by atoms with Gasteiger partial charge < -0.3 is 19.8 Å². The van der Waals surface area contributed by atoms with Crippen molar-refractivity contribution in [2.45, 2.75) is 25.4 Å². The second-order valence-corrected chi connectivity index (χ2v) is 9.16. The third kappa shape index (κ3) is 4.73. The zero-order valence-electron chi connectivity index (χ0n) is 18.6. The lowest BCUT2D eigenvalue weighted by Crippen LogP contribution is -2.14. The highest BCUT2D eigenvalue weighted by molar-refractivity contribution is 7.99. The summed E-state index contributed by atoms with van der Waals surface area (Å²) in [4.78, 5) is 45.0. The maximum Gasteiger partial charge on any atom is 0.348 e. The van der Waals surface area contributed by atoms with E-state index in [1.807, 2.05) is 24.3 Å². The first-order valence-electron chi connectivity index (χ1n) is 10.4. The summed E-state index contributed by atoms with van der Waals surface area (Å²) < 4.78 is 9.86. The van der Waals surface area contributed by atoms with Crippen LogP contribution in [0, 0.1) is 6.92 Å². The smallest absolute Gasteiger partial charge is 0.348 e. The minimum Gasteiger partial charge on any atom is -0.465 e. The number of amides is 1. The van der Waals surface area contributed by atoms with Crippen LogP contribution >= 0.6 is 23.1 Å². The predicted octanol–water partition coefficient (Wildman–Crippen LogP) is 3.96. The summed E-state index contributed by atoms with van der Waals surface area (Å²) in [5.74, 6) is -1.13. The van der Waals surface area contributed by atoms with Crippen LogP contribution in [0.2, 0.25) is 0 Å². The molecule has 0 fully saturated rings. The maximum absolute atomic E-state index is 12.6. The Labute approximate surface area is 202 Å². The fourth-order valence-electron chi connectivity index (χ4n) is 3.33. The topological polar surface area (TPSA) is 136 Å². The van der Waals surface area contributed by atoms with Gasteiger partial charge in [0.2, 0.25) is 11.1 Å². The number of nitrogens with one attached hydrogen (secondary N) is 2. The van der Waals surface area contributed by atoms with Crippen molar-refractivity contribution in [2.75, 3.05) is 24.8 Å². The van der Waals surface area contributed by atoms with Crippen molar-refractivity contribution >= 4 is 68.0 Å². The van der Waals surface area contributed by atoms with Gasteiger partial charge in [-0.1, -0.05) is 30.0 Å². The summed E-state index contributed by atoms with van der Waals surface area (Å²) in [6.07, 6.45) is 0.130. The molecule has 2 N–H and O–H groups in total. The number of para-hydroxylation sites is 1. The molecular formula is C22H21N5O5S2. The van der Waals surface area contributed by atoms with Crippen molar-refractivity contribution in [3.05, 3.63) is 40.3 Å². The number of anilines is 1. The first-order chi connectivity index (χ1) is 16.4. The molecule has 0 saturated heterocycles. The Balaban J connectivity index is 1.42. The lowest BCUT2D eigenvalue weighted by atomic mass is 10.1. The number of H-pyrrole nitrogens is 1. The quantitative estimate of drug-likeness (QED) is 0.273. The molecule has 4 rings (SSSR count). The summed E-state index contributed by atoms with van der Waals surface area (Å²) in [7, 11) is 1.24. The van der Waals surface area contributed by atoms with E-state index in [4.69, 9.17) is 9.47 Å². The van der Waals surface area contributed by atoms with Crippen LogP contribution in [-0.4, -0.2) is 57.5 Å². The standard InChI is InChI=1S/C22H21N5O5S2/c1-4-32-21(30)17-11(2)15(20(29)31-3)19(34-17)24-14(28)9-10-33-22-25-18-16(26-27-22)12-7-5-6-8-13(12)23-18/h5-8H,4,9-10H2,1-3H3,(H,24,28)(H,23,25,27). The molecule has 0 aliphatic heterocycles. The van der Waals surface area contributed by atoms with Crippen LogP contribution in [0.15, 0.2) is 29.4 Å². The molecule has 0 aliphatic carbocycles. The molecule has 12 heteroatoms. The molecule has 10 nitrogen and oxygen atoms in total. The number of carbonyl (C=O) groups is 3. The lowest BCUT2D eigenvalue weighted by molar-refractivity contribution is -0.115. The summed E-state index contributed by atoms with van der Waals surface area (Å²) >= 11 is 2.28. The van der Waals surface area contributed by atoms with Crippen molar-refractivity contribution < 1.29 is 23.9 Å². The van der Waals surface area contributed by atoms with Crippen LogP contribution in [0.4, 0.5) is 5.00 Å². The summed E-state index contributed by atoms with van der Waals surface area (Å²) in [6.45, 7) is 3.51. The molecule has 4 aromatic rings. The number of ether oxygens (including phenoxy) is 2. The largest absolute Gasteiger partial charge is 0.465 e. The van der Waals surface area contributed by atoms with Crippen molar-refractivity contribution in [3.63, 3.8) is 0 Å². The molecule has 0 unspecified atom stereocenters. The van der Waals surface area contributed by atoms with E-state index < -0.39 is 11.9 Å². The van der Waals surface area contributed by atoms with Gasteiger partial charge >= 0.3 is 11.9 Å². The average molecular weight is 500 g/mol. The molecule has 0 spiro atoms. The molecule has 0 atom stereocenters. The Morgan fingerprint density at radius 3 is 2.74 bits per heavy atom. The third-order valence-corrected chi connectivity index (χ3v) is 6.94. The van der Waals surface area contributed by atoms with Crippen molar-refractivity contribution in [3.8, 4) is 0 Å². The van der Waals surface area contributed by atoms with E-state index in [1.54, 1.807) is 13.8 Å². The molecule has 0 bridgehead atoms. The van der Waals surface area contributed by atoms with Crippen LogP contribution in [0.25, 0.3) is 22.1 Å². The number of hydrogen-bond acceptors (Lipinski definition) is 10. The number of fused-ring (bicyclic) bond motifs is 3. The van der Waals surface area contributed by atoms with Gasteiger partial charge in [-0.25, -0.2) is 14.6 Å². The SMILES string of the molecule is CCOC(=O)c1sc(NC(=O)CCSc2nnc3c(n2)[nH]c2ccccc23)c(C(=O)OC)c1C. The monoisotopic (exact) mass is 499 g/mol. The Bertz CT molecular complexity index is 1400. The van der Waals surface area contributed by atoms with E-state index in [-0.39, 0.29) is 34.4 Å². The number of carbonyl (C=O) groups excluding carboxylic acids is 3. The number of esters is 2. The number of thioether (sulfide) groups is 1. The Morgan fingerprint density at radius 1 is 1.18 bits per heavy atom. The number of hydrogen-bond donors (Lipinski definition) is 2. The molecular weight excluding hydrogens is 478 g/mol. The van der Waals surface area contributed by atoms with Crippen LogP contribution < -0.4 is 5.32 Å². The third-order valence-electron chi connectivity index (χ3n) is 4.91. The molecule has 1 aromatic carbocycles. The van der Waals surface area contributed by atoms with Gasteiger partial charge in [0.05, 0.1) is 19.3 Å². The van der Waals surface area contributed by atoms with Gasteiger partial charge in [-0.3, -0.25) is 4.79 Å². The summed E-state index contributed by atoms with van der Waals surface area (Å²) in [6, 6.07) is 7.74. The predicted molar refractivity (Wildman–Crippen MR) is 130 cm³/mol. The van der Waals surface area contributed by atoms with E-state index in [1.165, 1.54) is 18.9 Å².